The van der Waals surface area contributed by atoms with Gasteiger partial charge in [-0.1, -0.05) is 18.2 Å². The van der Waals surface area contributed by atoms with Crippen molar-refractivity contribution in [3.05, 3.63) is 29.8 Å². The molecule has 5 nitrogen and oxygen atoms in total. The van der Waals surface area contributed by atoms with Crippen molar-refractivity contribution in [3.8, 4) is 5.75 Å². The van der Waals surface area contributed by atoms with Crippen LogP contribution < -0.4 is 4.74 Å². The lowest BCUT2D eigenvalue weighted by molar-refractivity contribution is -0.152. The van der Waals surface area contributed by atoms with Gasteiger partial charge in [-0.2, -0.15) is 0 Å². The molecule has 3 aliphatic rings. The number of carboxylic acid groups (broad SMARTS) is 1. The summed E-state index contributed by atoms with van der Waals surface area (Å²) in [5.41, 5.74) is -0.0917. The van der Waals surface area contributed by atoms with Crippen molar-refractivity contribution in [2.75, 3.05) is 19.7 Å². The Balaban J connectivity index is 1.66. The second kappa shape index (κ2) is 4.73. The quantitative estimate of drug-likeness (QED) is 0.925. The lowest BCUT2D eigenvalue weighted by Crippen LogP contribution is -2.46. The molecule has 0 aromatic heterocycles. The number of hydrogen-bond acceptors (Lipinski definition) is 3. The third-order valence-electron chi connectivity index (χ3n) is 5.26. The number of carbonyl (C=O) groups excluding carboxylic acids is 1. The number of carboxylic acids is 1. The first-order valence-corrected chi connectivity index (χ1v) is 7.83. The predicted molar refractivity (Wildman–Crippen MR) is 78.7 cm³/mol. The van der Waals surface area contributed by atoms with E-state index in [1.807, 2.05) is 24.3 Å². The fourth-order valence-corrected chi connectivity index (χ4v) is 3.73. The van der Waals surface area contributed by atoms with E-state index in [4.69, 9.17) is 4.74 Å². The minimum Gasteiger partial charge on any atom is -0.492 e. The van der Waals surface area contributed by atoms with Crippen LogP contribution in [-0.4, -0.2) is 41.6 Å². The molecule has 1 aliphatic carbocycles. The van der Waals surface area contributed by atoms with E-state index in [9.17, 15) is 14.7 Å². The van der Waals surface area contributed by atoms with Crippen LogP contribution in [0, 0.1) is 11.3 Å². The lowest BCUT2D eigenvalue weighted by Gasteiger charge is -2.35. The van der Waals surface area contributed by atoms with Crippen molar-refractivity contribution in [1.82, 2.24) is 4.90 Å². The number of para-hydroxylation sites is 1. The molecule has 2 aliphatic heterocycles. The van der Waals surface area contributed by atoms with E-state index in [1.165, 1.54) is 0 Å². The molecule has 0 spiro atoms. The topological polar surface area (TPSA) is 66.8 Å². The van der Waals surface area contributed by atoms with Crippen molar-refractivity contribution in [2.45, 2.75) is 25.2 Å². The van der Waals surface area contributed by atoms with E-state index in [2.05, 4.69) is 0 Å². The number of carbonyl (C=O) groups is 2. The predicted octanol–water partition coefficient (Wildman–Crippen LogP) is 1.88. The first-order valence-electron chi connectivity index (χ1n) is 7.83. The molecule has 1 saturated heterocycles. The highest BCUT2D eigenvalue weighted by molar-refractivity contribution is 5.83. The van der Waals surface area contributed by atoms with E-state index >= 15 is 0 Å². The molecule has 2 heterocycles. The fourth-order valence-electron chi connectivity index (χ4n) is 3.73. The van der Waals surface area contributed by atoms with E-state index in [0.717, 1.165) is 24.2 Å². The average molecular weight is 301 g/mol. The number of ether oxygens (including phenoxy) is 1. The van der Waals surface area contributed by atoms with Crippen LogP contribution in [0.3, 0.4) is 0 Å². The monoisotopic (exact) mass is 301 g/mol. The van der Waals surface area contributed by atoms with Gasteiger partial charge in [0.25, 0.3) is 0 Å². The van der Waals surface area contributed by atoms with E-state index < -0.39 is 11.4 Å². The van der Waals surface area contributed by atoms with Gasteiger partial charge in [0, 0.05) is 31.0 Å². The molecule has 1 saturated carbocycles. The molecule has 0 radical (unpaired) electrons. The number of hydrogen-bond donors (Lipinski definition) is 1. The smallest absolute Gasteiger partial charge is 0.315 e. The van der Waals surface area contributed by atoms with Gasteiger partial charge in [-0.3, -0.25) is 9.59 Å². The maximum absolute atomic E-state index is 12.4. The summed E-state index contributed by atoms with van der Waals surface area (Å²) in [7, 11) is 0. The summed E-state index contributed by atoms with van der Waals surface area (Å²) in [5.74, 6) is 0.308. The molecule has 0 bridgehead atoms. The average Bonchev–Trinajstić information content (AvgIpc) is 3.22. The Morgan fingerprint density at radius 1 is 1.32 bits per heavy atom. The molecule has 1 N–H and O–H groups in total. The molecule has 0 unspecified atom stereocenters. The van der Waals surface area contributed by atoms with E-state index in [0.29, 0.717) is 18.9 Å². The van der Waals surface area contributed by atoms with E-state index in [1.54, 1.807) is 4.90 Å². The van der Waals surface area contributed by atoms with Gasteiger partial charge in [0.15, 0.2) is 0 Å². The number of fused-ring (bicyclic) bond motifs is 3. The molecule has 5 heteroatoms. The zero-order chi connectivity index (χ0) is 15.3. The highest BCUT2D eigenvalue weighted by Crippen LogP contribution is 2.50. The van der Waals surface area contributed by atoms with Crippen LogP contribution in [0.2, 0.25) is 0 Å². The lowest BCUT2D eigenvalue weighted by atomic mass is 9.73. The number of aliphatic carboxylic acids is 1. The SMILES string of the molecule is O=C(CC1CC1)N1C[C@@H]2c3ccccc3OC[C@]2(C(=O)O)C1. The van der Waals surface area contributed by atoms with Crippen molar-refractivity contribution in [1.29, 1.82) is 0 Å². The van der Waals surface area contributed by atoms with Crippen LogP contribution in [0.25, 0.3) is 0 Å². The van der Waals surface area contributed by atoms with Crippen LogP contribution in [0.1, 0.15) is 30.7 Å². The maximum atomic E-state index is 12.4. The first kappa shape index (κ1) is 13.6. The van der Waals surface area contributed by atoms with Crippen molar-refractivity contribution < 1.29 is 19.4 Å². The maximum Gasteiger partial charge on any atom is 0.315 e. The van der Waals surface area contributed by atoms with Gasteiger partial charge in [0.05, 0.1) is 0 Å². The number of benzene rings is 1. The molecular formula is C17H19NO4. The summed E-state index contributed by atoms with van der Waals surface area (Å²) in [6.45, 7) is 0.877. The van der Waals surface area contributed by atoms with Gasteiger partial charge < -0.3 is 14.7 Å². The summed E-state index contributed by atoms with van der Waals surface area (Å²) in [6, 6.07) is 7.58. The Hall–Kier alpha value is -2.04. The minimum absolute atomic E-state index is 0.0926. The van der Waals surface area contributed by atoms with Crippen molar-refractivity contribution in [3.63, 3.8) is 0 Å². The summed E-state index contributed by atoms with van der Waals surface area (Å²) in [6.07, 6.45) is 2.81. The van der Waals surface area contributed by atoms with Crippen LogP contribution in [0.15, 0.2) is 24.3 Å². The molecule has 116 valence electrons. The molecule has 1 amide bonds. The number of amides is 1. The normalized spacial score (nSPS) is 29.5. The Morgan fingerprint density at radius 3 is 2.82 bits per heavy atom. The zero-order valence-corrected chi connectivity index (χ0v) is 12.3. The van der Waals surface area contributed by atoms with Crippen LogP contribution in [0.4, 0.5) is 0 Å². The van der Waals surface area contributed by atoms with Crippen LogP contribution in [0.5, 0.6) is 5.75 Å². The molecule has 2 fully saturated rings. The van der Waals surface area contributed by atoms with Crippen LogP contribution in [-0.2, 0) is 9.59 Å². The highest BCUT2D eigenvalue weighted by Gasteiger charge is 2.57. The number of nitrogens with zero attached hydrogens (tertiary/aromatic N) is 1. The molecule has 1 aromatic carbocycles. The third-order valence-corrected chi connectivity index (χ3v) is 5.26. The molecule has 2 atom stereocenters. The highest BCUT2D eigenvalue weighted by atomic mass is 16.5. The van der Waals surface area contributed by atoms with Gasteiger partial charge in [-0.05, 0) is 24.8 Å². The molecular weight excluding hydrogens is 282 g/mol. The standard InChI is InChI=1S/C17H19NO4/c19-15(7-11-5-6-11)18-8-13-12-3-1-2-4-14(12)22-10-17(13,9-18)16(20)21/h1-4,11,13H,5-10H2,(H,20,21)/t13-,17-/m1/s1. The summed E-state index contributed by atoms with van der Waals surface area (Å²) >= 11 is 0. The summed E-state index contributed by atoms with van der Waals surface area (Å²) in [5, 5.41) is 9.80. The first-order chi connectivity index (χ1) is 10.6. The Morgan fingerprint density at radius 2 is 2.09 bits per heavy atom. The third kappa shape index (κ3) is 1.99. The van der Waals surface area contributed by atoms with Gasteiger partial charge in [-0.15, -0.1) is 0 Å². The zero-order valence-electron chi connectivity index (χ0n) is 12.3. The number of rotatable bonds is 3. The molecule has 4 rings (SSSR count). The number of likely N-dealkylation sites (tertiary alicyclic amines) is 1. The second-order valence-electron chi connectivity index (χ2n) is 6.76. The van der Waals surface area contributed by atoms with E-state index in [-0.39, 0.29) is 25.0 Å². The molecule has 22 heavy (non-hydrogen) atoms. The molecule has 1 aromatic rings. The Kier molecular flexibility index (Phi) is 2.93. The Bertz CT molecular complexity index is 639. The Labute approximate surface area is 128 Å². The van der Waals surface area contributed by atoms with Gasteiger partial charge in [0.2, 0.25) is 5.91 Å². The van der Waals surface area contributed by atoms with Crippen LogP contribution >= 0.6 is 0 Å². The largest absolute Gasteiger partial charge is 0.492 e. The summed E-state index contributed by atoms with van der Waals surface area (Å²) < 4.78 is 5.70. The fraction of sp³-hybridized carbons (Fsp3) is 0.529. The van der Waals surface area contributed by atoms with Crippen molar-refractivity contribution >= 4 is 11.9 Å². The van der Waals surface area contributed by atoms with Gasteiger partial charge >= 0.3 is 5.97 Å². The van der Waals surface area contributed by atoms with Crippen molar-refractivity contribution in [2.24, 2.45) is 11.3 Å². The second-order valence-corrected chi connectivity index (χ2v) is 6.76. The summed E-state index contributed by atoms with van der Waals surface area (Å²) in [4.78, 5) is 26.1. The van der Waals surface area contributed by atoms with Gasteiger partial charge in [0.1, 0.15) is 17.8 Å². The van der Waals surface area contributed by atoms with Gasteiger partial charge in [-0.25, -0.2) is 0 Å². The minimum atomic E-state index is -1.01.